The lowest BCUT2D eigenvalue weighted by Crippen LogP contribution is -2.44. The van der Waals surface area contributed by atoms with Crippen molar-refractivity contribution >= 4 is 10.0 Å². The fourth-order valence-corrected chi connectivity index (χ4v) is 3.35. The van der Waals surface area contributed by atoms with Crippen LogP contribution in [0.1, 0.15) is 46.0 Å². The van der Waals surface area contributed by atoms with Gasteiger partial charge >= 0.3 is 0 Å². The Morgan fingerprint density at radius 3 is 2.38 bits per heavy atom. The molecule has 0 aromatic heterocycles. The summed E-state index contributed by atoms with van der Waals surface area (Å²) in [5.74, 6) is 0. The maximum absolute atomic E-state index is 11.8. The van der Waals surface area contributed by atoms with E-state index in [0.29, 0.717) is 13.0 Å². The molecular formula is C11H20N2O2S. The molecule has 0 spiro atoms. The third kappa shape index (κ3) is 2.74. The highest BCUT2D eigenvalue weighted by Gasteiger charge is 2.36. The quantitative estimate of drug-likeness (QED) is 0.774. The Labute approximate surface area is 98.1 Å². The van der Waals surface area contributed by atoms with Gasteiger partial charge in [0.2, 0.25) is 10.0 Å². The van der Waals surface area contributed by atoms with Crippen molar-refractivity contribution in [1.29, 1.82) is 5.26 Å². The maximum Gasteiger partial charge on any atom is 0.227 e. The zero-order chi connectivity index (χ0) is 12.2. The van der Waals surface area contributed by atoms with Gasteiger partial charge in [0.1, 0.15) is 0 Å². The van der Waals surface area contributed by atoms with E-state index in [-0.39, 0.29) is 5.41 Å². The molecule has 1 rings (SSSR count). The summed E-state index contributed by atoms with van der Waals surface area (Å²) in [6, 6.07) is 1.83. The molecule has 1 unspecified atom stereocenters. The van der Waals surface area contributed by atoms with Crippen LogP contribution in [0.4, 0.5) is 0 Å². The molecule has 0 heterocycles. The molecule has 1 aliphatic carbocycles. The van der Waals surface area contributed by atoms with Crippen LogP contribution >= 0.6 is 0 Å². The summed E-state index contributed by atoms with van der Waals surface area (Å²) in [4.78, 5) is 0. The van der Waals surface area contributed by atoms with Crippen LogP contribution in [0.2, 0.25) is 0 Å². The molecule has 0 bridgehead atoms. The highest BCUT2D eigenvalue weighted by atomic mass is 32.2. The number of nitriles is 1. The summed E-state index contributed by atoms with van der Waals surface area (Å²) in [7, 11) is -3.45. The summed E-state index contributed by atoms with van der Waals surface area (Å²) < 4.78 is 26.1. The number of nitrogens with one attached hydrogen (secondary N) is 1. The van der Waals surface area contributed by atoms with Gasteiger partial charge in [-0.25, -0.2) is 13.1 Å². The Hall–Kier alpha value is -0.600. The second-order valence-electron chi connectivity index (χ2n) is 4.60. The average Bonchev–Trinajstić information content (AvgIpc) is 2.18. The zero-order valence-corrected chi connectivity index (χ0v) is 10.8. The van der Waals surface area contributed by atoms with E-state index in [1.165, 1.54) is 6.42 Å². The van der Waals surface area contributed by atoms with E-state index < -0.39 is 15.3 Å². The van der Waals surface area contributed by atoms with Crippen LogP contribution in [0, 0.1) is 16.7 Å². The van der Waals surface area contributed by atoms with E-state index in [0.717, 1.165) is 19.3 Å². The van der Waals surface area contributed by atoms with Gasteiger partial charge in [-0.05, 0) is 31.1 Å². The standard InChI is InChI=1S/C11H20N2O2S/c1-3-10(8-12)16(14,15)13-9-11(4-2)6-5-7-11/h10,13H,3-7,9H2,1-2H3. The molecule has 0 aromatic rings. The first kappa shape index (κ1) is 13.5. The summed E-state index contributed by atoms with van der Waals surface area (Å²) in [6.07, 6.45) is 4.71. The number of sulfonamides is 1. The Morgan fingerprint density at radius 1 is 1.44 bits per heavy atom. The van der Waals surface area contributed by atoms with Crippen LogP contribution in [-0.2, 0) is 10.0 Å². The molecule has 0 saturated heterocycles. The van der Waals surface area contributed by atoms with Gasteiger partial charge in [-0.2, -0.15) is 5.26 Å². The predicted octanol–water partition coefficient (Wildman–Crippen LogP) is 1.79. The van der Waals surface area contributed by atoms with Gasteiger partial charge in [-0.1, -0.05) is 20.3 Å². The lowest BCUT2D eigenvalue weighted by atomic mass is 9.67. The van der Waals surface area contributed by atoms with E-state index >= 15 is 0 Å². The molecule has 1 aliphatic rings. The molecule has 0 radical (unpaired) electrons. The zero-order valence-electron chi connectivity index (χ0n) is 9.99. The third-order valence-electron chi connectivity index (χ3n) is 3.70. The van der Waals surface area contributed by atoms with Crippen LogP contribution in [-0.4, -0.2) is 20.2 Å². The minimum atomic E-state index is -3.45. The molecule has 1 saturated carbocycles. The second-order valence-corrected chi connectivity index (χ2v) is 6.55. The second kappa shape index (κ2) is 5.15. The molecule has 1 fully saturated rings. The van der Waals surface area contributed by atoms with Crippen molar-refractivity contribution in [2.75, 3.05) is 6.54 Å². The highest BCUT2D eigenvalue weighted by Crippen LogP contribution is 2.43. The summed E-state index contributed by atoms with van der Waals surface area (Å²) >= 11 is 0. The fourth-order valence-electron chi connectivity index (χ4n) is 2.07. The molecule has 5 heteroatoms. The number of rotatable bonds is 6. The first-order valence-electron chi connectivity index (χ1n) is 5.88. The lowest BCUT2D eigenvalue weighted by Gasteiger charge is -2.41. The van der Waals surface area contributed by atoms with Crippen LogP contribution in [0.25, 0.3) is 0 Å². The number of nitrogens with zero attached hydrogens (tertiary/aromatic N) is 1. The van der Waals surface area contributed by atoms with E-state index in [1.54, 1.807) is 6.92 Å². The largest absolute Gasteiger partial charge is 0.227 e. The minimum Gasteiger partial charge on any atom is -0.214 e. The molecular weight excluding hydrogens is 224 g/mol. The average molecular weight is 244 g/mol. The van der Waals surface area contributed by atoms with Crippen LogP contribution in [0.3, 0.4) is 0 Å². The van der Waals surface area contributed by atoms with Crippen LogP contribution in [0.15, 0.2) is 0 Å². The third-order valence-corrected chi connectivity index (χ3v) is 5.44. The molecule has 1 atom stereocenters. The topological polar surface area (TPSA) is 70.0 Å². The SMILES string of the molecule is CCC(C#N)S(=O)(=O)NCC1(CC)CCC1. The smallest absolute Gasteiger partial charge is 0.214 e. The maximum atomic E-state index is 11.8. The Balaban J connectivity index is 2.57. The molecule has 4 nitrogen and oxygen atoms in total. The van der Waals surface area contributed by atoms with Gasteiger partial charge in [0.15, 0.2) is 5.25 Å². The summed E-state index contributed by atoms with van der Waals surface area (Å²) in [5.41, 5.74) is 0.154. The molecule has 16 heavy (non-hydrogen) atoms. The van der Waals surface area contributed by atoms with Gasteiger partial charge in [0, 0.05) is 6.54 Å². The van der Waals surface area contributed by atoms with Gasteiger partial charge in [0.05, 0.1) is 6.07 Å². The van der Waals surface area contributed by atoms with Crippen LogP contribution < -0.4 is 4.72 Å². The van der Waals surface area contributed by atoms with E-state index in [4.69, 9.17) is 5.26 Å². The Bertz CT molecular complexity index is 360. The molecule has 0 amide bonds. The van der Waals surface area contributed by atoms with E-state index in [9.17, 15) is 8.42 Å². The van der Waals surface area contributed by atoms with Gasteiger partial charge in [-0.3, -0.25) is 0 Å². The first-order valence-corrected chi connectivity index (χ1v) is 7.42. The number of hydrogen-bond acceptors (Lipinski definition) is 3. The lowest BCUT2D eigenvalue weighted by molar-refractivity contribution is 0.133. The summed E-state index contributed by atoms with van der Waals surface area (Å²) in [5, 5.41) is 7.83. The van der Waals surface area contributed by atoms with Crippen molar-refractivity contribution in [3.8, 4) is 6.07 Å². The number of hydrogen-bond donors (Lipinski definition) is 1. The molecule has 0 aliphatic heterocycles. The minimum absolute atomic E-state index is 0.154. The Morgan fingerprint density at radius 2 is 2.06 bits per heavy atom. The monoisotopic (exact) mass is 244 g/mol. The van der Waals surface area contributed by atoms with Gasteiger partial charge < -0.3 is 0 Å². The fraction of sp³-hybridized carbons (Fsp3) is 0.909. The van der Waals surface area contributed by atoms with E-state index in [2.05, 4.69) is 11.6 Å². The van der Waals surface area contributed by atoms with Crippen molar-refractivity contribution < 1.29 is 8.42 Å². The van der Waals surface area contributed by atoms with Crippen molar-refractivity contribution in [2.24, 2.45) is 5.41 Å². The van der Waals surface area contributed by atoms with Crippen molar-refractivity contribution in [3.05, 3.63) is 0 Å². The van der Waals surface area contributed by atoms with Gasteiger partial charge in [0.25, 0.3) is 0 Å². The van der Waals surface area contributed by atoms with E-state index in [1.807, 2.05) is 6.07 Å². The first-order chi connectivity index (χ1) is 7.49. The highest BCUT2D eigenvalue weighted by molar-refractivity contribution is 7.90. The van der Waals surface area contributed by atoms with Crippen LogP contribution in [0.5, 0.6) is 0 Å². The van der Waals surface area contributed by atoms with Crippen molar-refractivity contribution in [3.63, 3.8) is 0 Å². The molecule has 1 N–H and O–H groups in total. The van der Waals surface area contributed by atoms with Crippen molar-refractivity contribution in [2.45, 2.75) is 51.2 Å². The predicted molar refractivity (Wildman–Crippen MR) is 63.2 cm³/mol. The normalized spacial score (nSPS) is 20.8. The summed E-state index contributed by atoms with van der Waals surface area (Å²) in [6.45, 7) is 4.30. The Kier molecular flexibility index (Phi) is 4.34. The van der Waals surface area contributed by atoms with Gasteiger partial charge in [-0.15, -0.1) is 0 Å². The molecule has 0 aromatic carbocycles. The molecule has 92 valence electrons. The van der Waals surface area contributed by atoms with Crippen molar-refractivity contribution in [1.82, 2.24) is 4.72 Å².